The molecule has 3 atom stereocenters. The third-order valence-electron chi connectivity index (χ3n) is 6.88. The molecule has 3 amide bonds. The summed E-state index contributed by atoms with van der Waals surface area (Å²) in [4.78, 5) is 40.1. The van der Waals surface area contributed by atoms with Crippen LogP contribution >= 0.6 is 0 Å². The van der Waals surface area contributed by atoms with E-state index in [0.717, 1.165) is 0 Å². The Hall–Kier alpha value is -4.25. The fourth-order valence-corrected chi connectivity index (χ4v) is 4.76. The van der Waals surface area contributed by atoms with Crippen LogP contribution in [0.3, 0.4) is 0 Å². The molecule has 1 aliphatic heterocycles. The second-order valence-electron chi connectivity index (χ2n) is 9.83. The molecule has 2 aromatic carbocycles. The Labute approximate surface area is 230 Å². The van der Waals surface area contributed by atoms with E-state index >= 15 is 0 Å². The number of rotatable bonds is 10. The number of carbonyl (C=O) groups is 3. The van der Waals surface area contributed by atoms with Crippen LogP contribution in [0.5, 0.6) is 5.75 Å². The van der Waals surface area contributed by atoms with Gasteiger partial charge in [0.05, 0.1) is 19.7 Å². The topological polar surface area (TPSA) is 113 Å². The fraction of sp³-hybridized carbons (Fsp3) is 0.345. The second-order valence-corrected chi connectivity index (χ2v) is 9.83. The molecule has 2 heterocycles. The number of aliphatic hydroxyl groups excluding tert-OH is 1. The summed E-state index contributed by atoms with van der Waals surface area (Å²) in [6.07, 6.45) is -1.04. The van der Waals surface area contributed by atoms with Crippen molar-refractivity contribution in [2.24, 2.45) is 7.05 Å². The number of aliphatic hydroxyl groups is 1. The lowest BCUT2D eigenvalue weighted by Crippen LogP contribution is -2.56. The minimum atomic E-state index is -3.32. The summed E-state index contributed by atoms with van der Waals surface area (Å²) >= 11 is 0. The van der Waals surface area contributed by atoms with Gasteiger partial charge >= 0.3 is 0 Å². The highest BCUT2D eigenvalue weighted by atomic mass is 19.3. The molecular weight excluding hydrogens is 522 g/mol. The number of halogens is 2. The Kier molecular flexibility index (Phi) is 8.83. The number of ether oxygens (including phenoxy) is 1. The van der Waals surface area contributed by atoms with Crippen molar-refractivity contribution in [3.8, 4) is 5.75 Å². The SMILES string of the molecule is COc1cccc(CNC(=O)[C@@H]2CC(F)(F)CN2C(=O)[C@@H](O)[C@H](Cc2ccccc2)NC(=O)c2cccn2C)c1. The zero-order valence-electron chi connectivity index (χ0n) is 22.2. The first kappa shape index (κ1) is 28.8. The molecule has 1 saturated heterocycles. The van der Waals surface area contributed by atoms with Gasteiger partial charge in [0.2, 0.25) is 5.91 Å². The predicted molar refractivity (Wildman–Crippen MR) is 143 cm³/mol. The Morgan fingerprint density at radius 1 is 1.07 bits per heavy atom. The molecule has 0 bridgehead atoms. The number of nitrogens with zero attached hydrogens (tertiary/aromatic N) is 2. The van der Waals surface area contributed by atoms with Gasteiger partial charge in [0, 0.05) is 26.2 Å². The first-order chi connectivity index (χ1) is 19.1. The molecule has 3 aromatic rings. The molecule has 1 fully saturated rings. The third kappa shape index (κ3) is 6.84. The molecule has 0 radical (unpaired) electrons. The summed E-state index contributed by atoms with van der Waals surface area (Å²) in [6, 6.07) is 16.3. The maximum atomic E-state index is 14.5. The van der Waals surface area contributed by atoms with Crippen LogP contribution in [0.25, 0.3) is 0 Å². The number of hydrogen-bond donors (Lipinski definition) is 3. The summed E-state index contributed by atoms with van der Waals surface area (Å²) in [5.41, 5.74) is 1.69. The lowest BCUT2D eigenvalue weighted by atomic mass is 9.99. The number of benzene rings is 2. The van der Waals surface area contributed by atoms with Gasteiger partial charge in [0.15, 0.2) is 6.10 Å². The van der Waals surface area contributed by atoms with Crippen LogP contribution < -0.4 is 15.4 Å². The van der Waals surface area contributed by atoms with Gasteiger partial charge in [-0.05, 0) is 41.8 Å². The largest absolute Gasteiger partial charge is 0.497 e. The summed E-state index contributed by atoms with van der Waals surface area (Å²) in [5.74, 6) is -5.13. The standard InChI is InChI=1S/C29H32F2N4O5/c1-34-13-7-12-23(34)27(38)33-22(15-19-8-4-3-5-9-19)25(36)28(39)35-18-29(30,31)16-24(35)26(37)32-17-20-10-6-11-21(14-20)40-2/h3-14,22,24-25,36H,15-18H2,1-2H3,(H,32,37)(H,33,38)/t22-,24-,25-/m0/s1. The molecule has 4 rings (SSSR count). The molecule has 0 spiro atoms. The van der Waals surface area contributed by atoms with Gasteiger partial charge in [-0.15, -0.1) is 0 Å². The van der Waals surface area contributed by atoms with Crippen molar-refractivity contribution in [2.75, 3.05) is 13.7 Å². The van der Waals surface area contributed by atoms with Crippen LogP contribution in [0.4, 0.5) is 8.78 Å². The van der Waals surface area contributed by atoms with Crippen molar-refractivity contribution < 1.29 is 33.0 Å². The van der Waals surface area contributed by atoms with Gasteiger partial charge in [0.1, 0.15) is 17.5 Å². The zero-order chi connectivity index (χ0) is 28.9. The fourth-order valence-electron chi connectivity index (χ4n) is 4.76. The van der Waals surface area contributed by atoms with E-state index in [-0.39, 0.29) is 13.0 Å². The monoisotopic (exact) mass is 554 g/mol. The zero-order valence-corrected chi connectivity index (χ0v) is 22.2. The van der Waals surface area contributed by atoms with Crippen LogP contribution in [0, 0.1) is 0 Å². The van der Waals surface area contributed by atoms with Crippen molar-refractivity contribution in [1.82, 2.24) is 20.1 Å². The highest BCUT2D eigenvalue weighted by Crippen LogP contribution is 2.33. The summed E-state index contributed by atoms with van der Waals surface area (Å²) in [5, 5.41) is 16.4. The maximum absolute atomic E-state index is 14.5. The molecule has 3 N–H and O–H groups in total. The van der Waals surface area contributed by atoms with E-state index in [1.807, 2.05) is 0 Å². The number of amides is 3. The van der Waals surface area contributed by atoms with Gasteiger partial charge < -0.3 is 29.9 Å². The van der Waals surface area contributed by atoms with E-state index in [9.17, 15) is 28.3 Å². The Morgan fingerprint density at radius 3 is 2.48 bits per heavy atom. The van der Waals surface area contributed by atoms with Gasteiger partial charge in [-0.3, -0.25) is 14.4 Å². The number of carbonyl (C=O) groups excluding carboxylic acids is 3. The van der Waals surface area contributed by atoms with Crippen molar-refractivity contribution >= 4 is 17.7 Å². The first-order valence-corrected chi connectivity index (χ1v) is 12.8. The average Bonchev–Trinajstić information content (AvgIpc) is 3.53. The number of aromatic nitrogens is 1. The van der Waals surface area contributed by atoms with Crippen LogP contribution in [0.1, 0.15) is 28.0 Å². The van der Waals surface area contributed by atoms with E-state index in [2.05, 4.69) is 10.6 Å². The average molecular weight is 555 g/mol. The van der Waals surface area contributed by atoms with Gasteiger partial charge in [0.25, 0.3) is 17.7 Å². The smallest absolute Gasteiger partial charge is 0.268 e. The van der Waals surface area contributed by atoms with Crippen LogP contribution in [-0.4, -0.2) is 70.1 Å². The number of alkyl halides is 2. The minimum Gasteiger partial charge on any atom is -0.497 e. The van der Waals surface area contributed by atoms with Crippen LogP contribution in [0.15, 0.2) is 72.9 Å². The van der Waals surface area contributed by atoms with Crippen LogP contribution in [-0.2, 0) is 29.6 Å². The van der Waals surface area contributed by atoms with Gasteiger partial charge in [-0.1, -0.05) is 42.5 Å². The number of nitrogens with one attached hydrogen (secondary N) is 2. The van der Waals surface area contributed by atoms with Crippen LogP contribution in [0.2, 0.25) is 0 Å². The van der Waals surface area contributed by atoms with Gasteiger partial charge in [-0.25, -0.2) is 8.78 Å². The van der Waals surface area contributed by atoms with Crippen molar-refractivity contribution in [1.29, 1.82) is 0 Å². The lowest BCUT2D eigenvalue weighted by molar-refractivity contribution is -0.147. The molecule has 1 aliphatic rings. The lowest BCUT2D eigenvalue weighted by Gasteiger charge is -2.30. The van der Waals surface area contributed by atoms with E-state index in [4.69, 9.17) is 4.74 Å². The maximum Gasteiger partial charge on any atom is 0.268 e. The number of methoxy groups -OCH3 is 1. The summed E-state index contributed by atoms with van der Waals surface area (Å²) in [6.45, 7) is -0.990. The Bertz CT molecular complexity index is 1350. The normalized spacial score (nSPS) is 17.6. The molecule has 0 unspecified atom stereocenters. The number of hydrogen-bond acceptors (Lipinski definition) is 5. The Balaban J connectivity index is 1.52. The molecule has 11 heteroatoms. The highest BCUT2D eigenvalue weighted by Gasteiger charge is 2.51. The highest BCUT2D eigenvalue weighted by molar-refractivity contribution is 5.94. The van der Waals surface area contributed by atoms with Crippen molar-refractivity contribution in [2.45, 2.75) is 43.5 Å². The minimum absolute atomic E-state index is 0.0338. The second kappa shape index (κ2) is 12.3. The molecule has 1 aromatic heterocycles. The third-order valence-corrected chi connectivity index (χ3v) is 6.88. The molecular formula is C29H32F2N4O5. The number of likely N-dealkylation sites (tertiary alicyclic amines) is 1. The summed E-state index contributed by atoms with van der Waals surface area (Å²) < 4.78 is 35.8. The first-order valence-electron chi connectivity index (χ1n) is 12.8. The molecule has 212 valence electrons. The van der Waals surface area contributed by atoms with Crippen molar-refractivity contribution in [3.63, 3.8) is 0 Å². The summed E-state index contributed by atoms with van der Waals surface area (Å²) in [7, 11) is 3.17. The molecule has 40 heavy (non-hydrogen) atoms. The molecule has 0 aliphatic carbocycles. The Morgan fingerprint density at radius 2 is 1.80 bits per heavy atom. The van der Waals surface area contributed by atoms with E-state index < -0.39 is 54.8 Å². The quantitative estimate of drug-likeness (QED) is 0.356. The van der Waals surface area contributed by atoms with E-state index in [0.29, 0.717) is 27.5 Å². The van der Waals surface area contributed by atoms with E-state index in [1.54, 1.807) is 84.5 Å². The predicted octanol–water partition coefficient (Wildman–Crippen LogP) is 2.29. The van der Waals surface area contributed by atoms with Crippen molar-refractivity contribution in [3.05, 3.63) is 89.7 Å². The number of aryl methyl sites for hydroxylation is 1. The molecule has 0 saturated carbocycles. The van der Waals surface area contributed by atoms with Gasteiger partial charge in [-0.2, -0.15) is 0 Å². The van der Waals surface area contributed by atoms with E-state index in [1.165, 1.54) is 7.11 Å². The molecule has 9 nitrogen and oxygen atoms in total.